The number of benzene rings is 2. The first-order chi connectivity index (χ1) is 10.0. The summed E-state index contributed by atoms with van der Waals surface area (Å²) < 4.78 is 5.61. The van der Waals surface area contributed by atoms with Crippen LogP contribution < -0.4 is 10.1 Å². The number of rotatable bonds is 5. The summed E-state index contributed by atoms with van der Waals surface area (Å²) in [5, 5.41) is 3.58. The van der Waals surface area contributed by atoms with Gasteiger partial charge in [-0.2, -0.15) is 0 Å². The summed E-state index contributed by atoms with van der Waals surface area (Å²) in [6.07, 6.45) is 0. The average Bonchev–Trinajstić information content (AvgIpc) is 2.47. The molecule has 0 aliphatic heterocycles. The number of halogens is 1. The highest BCUT2D eigenvalue weighted by Gasteiger charge is 2.10. The van der Waals surface area contributed by atoms with Gasteiger partial charge in [-0.3, -0.25) is 4.79 Å². The van der Waals surface area contributed by atoms with Gasteiger partial charge < -0.3 is 10.1 Å². The molecule has 2 aromatic carbocycles. The van der Waals surface area contributed by atoms with Crippen molar-refractivity contribution in [3.8, 4) is 5.75 Å². The first-order valence-corrected chi connectivity index (χ1v) is 7.18. The summed E-state index contributed by atoms with van der Waals surface area (Å²) in [6.45, 7) is 4.30. The lowest BCUT2D eigenvalue weighted by molar-refractivity contribution is 0.0926. The van der Waals surface area contributed by atoms with Crippen LogP contribution in [-0.2, 0) is 0 Å². The second-order valence-electron chi connectivity index (χ2n) is 5.01. The topological polar surface area (TPSA) is 38.3 Å². The maximum Gasteiger partial charge on any atom is 0.251 e. The van der Waals surface area contributed by atoms with E-state index in [-0.39, 0.29) is 11.9 Å². The molecule has 4 heteroatoms. The monoisotopic (exact) mass is 303 g/mol. The third kappa shape index (κ3) is 4.80. The molecular formula is C17H18ClNO2. The molecule has 2 rings (SSSR count). The summed E-state index contributed by atoms with van der Waals surface area (Å²) in [7, 11) is 0. The number of hydrogen-bond acceptors (Lipinski definition) is 2. The largest absolute Gasteiger partial charge is 0.491 e. The Balaban J connectivity index is 1.83. The molecule has 21 heavy (non-hydrogen) atoms. The second kappa shape index (κ2) is 7.14. The number of hydrogen-bond donors (Lipinski definition) is 1. The summed E-state index contributed by atoms with van der Waals surface area (Å²) in [4.78, 5) is 12.0. The summed E-state index contributed by atoms with van der Waals surface area (Å²) >= 11 is 5.81. The summed E-state index contributed by atoms with van der Waals surface area (Å²) in [5.74, 6) is 0.637. The molecule has 0 aromatic heterocycles. The van der Waals surface area contributed by atoms with E-state index < -0.39 is 0 Å². The molecule has 110 valence electrons. The molecule has 1 unspecified atom stereocenters. The van der Waals surface area contributed by atoms with E-state index in [0.29, 0.717) is 17.2 Å². The van der Waals surface area contributed by atoms with Crippen LogP contribution in [0.1, 0.15) is 22.8 Å². The van der Waals surface area contributed by atoms with Crippen molar-refractivity contribution in [1.29, 1.82) is 0 Å². The SMILES string of the molecule is Cc1ccc(C(=O)NC(C)COc2ccc(Cl)cc2)cc1. The van der Waals surface area contributed by atoms with Gasteiger partial charge >= 0.3 is 0 Å². The van der Waals surface area contributed by atoms with Crippen LogP contribution in [0.15, 0.2) is 48.5 Å². The van der Waals surface area contributed by atoms with Crippen molar-refractivity contribution in [2.45, 2.75) is 19.9 Å². The zero-order chi connectivity index (χ0) is 15.2. The number of carbonyl (C=O) groups is 1. The molecule has 0 heterocycles. The fourth-order valence-electron chi connectivity index (χ4n) is 1.81. The van der Waals surface area contributed by atoms with Crippen molar-refractivity contribution in [2.24, 2.45) is 0 Å². The van der Waals surface area contributed by atoms with E-state index in [9.17, 15) is 4.79 Å². The van der Waals surface area contributed by atoms with Crippen LogP contribution in [0.5, 0.6) is 5.75 Å². The van der Waals surface area contributed by atoms with Gasteiger partial charge in [0.2, 0.25) is 0 Å². The van der Waals surface area contributed by atoms with Crippen LogP contribution in [0.4, 0.5) is 0 Å². The lowest BCUT2D eigenvalue weighted by atomic mass is 10.1. The molecule has 2 aromatic rings. The van der Waals surface area contributed by atoms with Gasteiger partial charge in [0.15, 0.2) is 0 Å². The molecule has 0 saturated heterocycles. The first kappa shape index (κ1) is 15.4. The molecule has 1 amide bonds. The second-order valence-corrected chi connectivity index (χ2v) is 5.44. The molecule has 0 bridgehead atoms. The first-order valence-electron chi connectivity index (χ1n) is 6.80. The Morgan fingerprint density at radius 1 is 1.14 bits per heavy atom. The molecule has 1 N–H and O–H groups in total. The fourth-order valence-corrected chi connectivity index (χ4v) is 1.93. The van der Waals surface area contributed by atoms with Crippen LogP contribution in [0.3, 0.4) is 0 Å². The number of aryl methyl sites for hydroxylation is 1. The van der Waals surface area contributed by atoms with Gasteiger partial charge in [0.05, 0.1) is 6.04 Å². The van der Waals surface area contributed by atoms with Gasteiger partial charge in [0.1, 0.15) is 12.4 Å². The van der Waals surface area contributed by atoms with Crippen LogP contribution in [0.2, 0.25) is 5.02 Å². The van der Waals surface area contributed by atoms with E-state index in [4.69, 9.17) is 16.3 Å². The minimum absolute atomic E-state index is 0.0884. The third-order valence-electron chi connectivity index (χ3n) is 3.00. The van der Waals surface area contributed by atoms with E-state index in [1.807, 2.05) is 38.1 Å². The predicted molar refractivity (Wildman–Crippen MR) is 85.1 cm³/mol. The standard InChI is InChI=1S/C17H18ClNO2/c1-12-3-5-14(6-4-12)17(20)19-13(2)11-21-16-9-7-15(18)8-10-16/h3-10,13H,11H2,1-2H3,(H,19,20). The average molecular weight is 304 g/mol. The molecule has 1 atom stereocenters. The van der Waals surface area contributed by atoms with Crippen molar-refractivity contribution < 1.29 is 9.53 Å². The minimum atomic E-state index is -0.0952. The van der Waals surface area contributed by atoms with E-state index in [0.717, 1.165) is 11.3 Å². The van der Waals surface area contributed by atoms with Crippen molar-refractivity contribution in [1.82, 2.24) is 5.32 Å². The fraction of sp³-hybridized carbons (Fsp3) is 0.235. The normalized spacial score (nSPS) is 11.8. The molecule has 3 nitrogen and oxygen atoms in total. The molecule has 0 spiro atoms. The Kier molecular flexibility index (Phi) is 5.23. The Labute approximate surface area is 129 Å². The zero-order valence-electron chi connectivity index (χ0n) is 12.1. The van der Waals surface area contributed by atoms with Gasteiger partial charge in [-0.15, -0.1) is 0 Å². The van der Waals surface area contributed by atoms with Crippen molar-refractivity contribution in [3.63, 3.8) is 0 Å². The summed E-state index contributed by atoms with van der Waals surface area (Å²) in [6, 6.07) is 14.5. The zero-order valence-corrected chi connectivity index (χ0v) is 12.9. The highest BCUT2D eigenvalue weighted by molar-refractivity contribution is 6.30. The Morgan fingerprint density at radius 3 is 2.38 bits per heavy atom. The van der Waals surface area contributed by atoms with Crippen LogP contribution >= 0.6 is 11.6 Å². The number of nitrogens with one attached hydrogen (secondary N) is 1. The van der Waals surface area contributed by atoms with E-state index in [2.05, 4.69) is 5.32 Å². The van der Waals surface area contributed by atoms with E-state index in [1.54, 1.807) is 24.3 Å². The molecule has 0 aliphatic carbocycles. The van der Waals surface area contributed by atoms with Gasteiger partial charge in [0, 0.05) is 10.6 Å². The molecule has 0 aliphatic rings. The van der Waals surface area contributed by atoms with Crippen molar-refractivity contribution in [3.05, 3.63) is 64.7 Å². The van der Waals surface area contributed by atoms with Crippen LogP contribution in [0, 0.1) is 6.92 Å². The van der Waals surface area contributed by atoms with Crippen LogP contribution in [-0.4, -0.2) is 18.6 Å². The molecule has 0 saturated carbocycles. The number of amides is 1. The quantitative estimate of drug-likeness (QED) is 0.911. The Hall–Kier alpha value is -2.00. The van der Waals surface area contributed by atoms with E-state index in [1.165, 1.54) is 0 Å². The Bertz CT molecular complexity index is 593. The minimum Gasteiger partial charge on any atom is -0.491 e. The Morgan fingerprint density at radius 2 is 1.76 bits per heavy atom. The lowest BCUT2D eigenvalue weighted by Gasteiger charge is -2.15. The maximum atomic E-state index is 12.0. The highest BCUT2D eigenvalue weighted by atomic mass is 35.5. The number of ether oxygens (including phenoxy) is 1. The van der Waals surface area contributed by atoms with Crippen molar-refractivity contribution >= 4 is 17.5 Å². The van der Waals surface area contributed by atoms with Gasteiger partial charge in [-0.25, -0.2) is 0 Å². The van der Waals surface area contributed by atoms with Gasteiger partial charge in [-0.05, 0) is 50.2 Å². The van der Waals surface area contributed by atoms with Crippen LogP contribution in [0.25, 0.3) is 0 Å². The van der Waals surface area contributed by atoms with Crippen molar-refractivity contribution in [2.75, 3.05) is 6.61 Å². The highest BCUT2D eigenvalue weighted by Crippen LogP contribution is 2.15. The molecule has 0 fully saturated rings. The lowest BCUT2D eigenvalue weighted by Crippen LogP contribution is -2.36. The van der Waals surface area contributed by atoms with Gasteiger partial charge in [0.25, 0.3) is 5.91 Å². The smallest absolute Gasteiger partial charge is 0.251 e. The molecular weight excluding hydrogens is 286 g/mol. The maximum absolute atomic E-state index is 12.0. The summed E-state index contributed by atoms with van der Waals surface area (Å²) in [5.41, 5.74) is 1.78. The third-order valence-corrected chi connectivity index (χ3v) is 3.26. The van der Waals surface area contributed by atoms with E-state index >= 15 is 0 Å². The molecule has 0 radical (unpaired) electrons. The number of carbonyl (C=O) groups excluding carboxylic acids is 1. The predicted octanol–water partition coefficient (Wildman–Crippen LogP) is 3.85. The van der Waals surface area contributed by atoms with Gasteiger partial charge in [-0.1, -0.05) is 29.3 Å².